The molecule has 2 atom stereocenters. The monoisotopic (exact) mass is 507 g/mol. The molecule has 0 spiro atoms. The minimum atomic E-state index is -1.74. The van der Waals surface area contributed by atoms with E-state index in [1.165, 1.54) is 25.9 Å². The summed E-state index contributed by atoms with van der Waals surface area (Å²) < 4.78 is 33.4. The van der Waals surface area contributed by atoms with E-state index in [1.807, 2.05) is 30.3 Å². The fourth-order valence-electron chi connectivity index (χ4n) is 3.59. The minimum absolute atomic E-state index is 0.119. The molecular formula is C25H25N5O5S. The zero-order valence-electron chi connectivity index (χ0n) is 20.2. The predicted molar refractivity (Wildman–Crippen MR) is 135 cm³/mol. The molecule has 0 radical (unpaired) electrons. The summed E-state index contributed by atoms with van der Waals surface area (Å²) in [5.41, 5.74) is 1.61. The van der Waals surface area contributed by atoms with Crippen LogP contribution in [0.5, 0.6) is 17.4 Å². The molecule has 1 unspecified atom stereocenters. The fourth-order valence-corrected chi connectivity index (χ4v) is 4.44. The van der Waals surface area contributed by atoms with E-state index >= 15 is 0 Å². The molecule has 0 aliphatic carbocycles. The SMILES string of the molecule is COc1cccc(-c2nnc(C(=O)N[S+]([O-])[C@@H](C)c3ccccc3)n2-c2c(OC)cccc2OC)n1. The zero-order chi connectivity index (χ0) is 25.7. The number of amides is 1. The number of carbonyl (C=O) groups is 1. The van der Waals surface area contributed by atoms with Gasteiger partial charge < -0.3 is 18.8 Å². The quantitative estimate of drug-likeness (QED) is 0.342. The van der Waals surface area contributed by atoms with Crippen molar-refractivity contribution >= 4 is 17.3 Å². The second-order valence-corrected chi connectivity index (χ2v) is 9.05. The number of pyridine rings is 1. The molecule has 36 heavy (non-hydrogen) atoms. The summed E-state index contributed by atoms with van der Waals surface area (Å²) in [7, 11) is 4.51. The van der Waals surface area contributed by atoms with E-state index in [4.69, 9.17) is 14.2 Å². The summed E-state index contributed by atoms with van der Waals surface area (Å²) in [5, 5.41) is 7.93. The van der Waals surface area contributed by atoms with Gasteiger partial charge >= 0.3 is 5.91 Å². The van der Waals surface area contributed by atoms with Gasteiger partial charge in [-0.3, -0.25) is 9.36 Å². The number of methoxy groups -OCH3 is 3. The second-order valence-electron chi connectivity index (χ2n) is 7.54. The van der Waals surface area contributed by atoms with E-state index < -0.39 is 22.5 Å². The van der Waals surface area contributed by atoms with Crippen LogP contribution in [0, 0.1) is 0 Å². The van der Waals surface area contributed by atoms with Crippen molar-refractivity contribution < 1.29 is 23.6 Å². The van der Waals surface area contributed by atoms with Crippen LogP contribution in [0.3, 0.4) is 0 Å². The summed E-state index contributed by atoms with van der Waals surface area (Å²) in [4.78, 5) is 17.8. The van der Waals surface area contributed by atoms with Gasteiger partial charge in [0, 0.05) is 11.6 Å². The molecule has 0 fully saturated rings. The highest BCUT2D eigenvalue weighted by molar-refractivity contribution is 7.90. The van der Waals surface area contributed by atoms with Crippen molar-refractivity contribution in [1.29, 1.82) is 0 Å². The van der Waals surface area contributed by atoms with Gasteiger partial charge in [0.1, 0.15) is 22.9 Å². The van der Waals surface area contributed by atoms with Crippen molar-refractivity contribution in [2.24, 2.45) is 0 Å². The third-order valence-electron chi connectivity index (χ3n) is 5.44. The molecule has 0 saturated carbocycles. The van der Waals surface area contributed by atoms with Crippen molar-refractivity contribution in [3.63, 3.8) is 0 Å². The molecule has 4 rings (SSSR count). The first-order valence-corrected chi connectivity index (χ1v) is 12.1. The number of rotatable bonds is 9. The average molecular weight is 508 g/mol. The lowest BCUT2D eigenvalue weighted by molar-refractivity contribution is 0.0968. The molecule has 10 nitrogen and oxygen atoms in total. The number of nitrogens with one attached hydrogen (secondary N) is 1. The first-order chi connectivity index (χ1) is 17.5. The predicted octanol–water partition coefficient (Wildman–Crippen LogP) is 3.51. The molecule has 0 aliphatic rings. The average Bonchev–Trinajstić information content (AvgIpc) is 3.37. The first-order valence-electron chi connectivity index (χ1n) is 10.9. The van der Waals surface area contributed by atoms with Crippen molar-refractivity contribution in [1.82, 2.24) is 24.5 Å². The maximum Gasteiger partial charge on any atom is 0.330 e. The van der Waals surface area contributed by atoms with Gasteiger partial charge in [-0.25, -0.2) is 4.98 Å². The van der Waals surface area contributed by atoms with Crippen LogP contribution in [0.15, 0.2) is 66.7 Å². The van der Waals surface area contributed by atoms with Crippen LogP contribution in [0.25, 0.3) is 17.2 Å². The van der Waals surface area contributed by atoms with Gasteiger partial charge in [0.25, 0.3) is 0 Å². The first kappa shape index (κ1) is 25.0. The van der Waals surface area contributed by atoms with Crippen LogP contribution < -0.4 is 18.9 Å². The van der Waals surface area contributed by atoms with Crippen molar-refractivity contribution in [2.45, 2.75) is 12.2 Å². The number of carbonyl (C=O) groups excluding carboxylic acids is 1. The van der Waals surface area contributed by atoms with Gasteiger partial charge in [0.2, 0.25) is 11.7 Å². The Balaban J connectivity index is 1.81. The Labute approximate surface area is 211 Å². The lowest BCUT2D eigenvalue weighted by atomic mass is 10.2. The number of benzene rings is 2. The zero-order valence-corrected chi connectivity index (χ0v) is 21.0. The largest absolute Gasteiger partial charge is 0.593 e. The van der Waals surface area contributed by atoms with Gasteiger partial charge in [0.15, 0.2) is 11.1 Å². The summed E-state index contributed by atoms with van der Waals surface area (Å²) in [6.07, 6.45) is 0. The summed E-state index contributed by atoms with van der Waals surface area (Å²) in [6.45, 7) is 1.77. The fraction of sp³-hybridized carbons (Fsp3) is 0.200. The number of hydrogen-bond acceptors (Lipinski definition) is 8. The van der Waals surface area contributed by atoms with E-state index in [1.54, 1.807) is 43.3 Å². The maximum atomic E-state index is 13.4. The lowest BCUT2D eigenvalue weighted by Gasteiger charge is -2.19. The molecule has 1 amide bonds. The van der Waals surface area contributed by atoms with Gasteiger partial charge in [-0.1, -0.05) is 42.5 Å². The highest BCUT2D eigenvalue weighted by Gasteiger charge is 2.30. The highest BCUT2D eigenvalue weighted by atomic mass is 32.2. The molecule has 186 valence electrons. The van der Waals surface area contributed by atoms with E-state index in [2.05, 4.69) is 19.9 Å². The maximum absolute atomic E-state index is 13.4. The standard InChI is InChI=1S/C25H25N5O5S/c1-16(17-10-6-5-7-11-17)36(32)29-25(31)24-28-27-23(18-12-8-15-21(26-18)35-4)30(24)22-19(33-2)13-9-14-20(22)34-3/h5-16H,1-4H3,(H,29,31)/t16-,36?/m0/s1. The molecule has 0 bridgehead atoms. The second kappa shape index (κ2) is 11.1. The molecule has 2 heterocycles. The third kappa shape index (κ3) is 4.97. The van der Waals surface area contributed by atoms with E-state index in [0.717, 1.165) is 5.56 Å². The number of hydrogen-bond donors (Lipinski definition) is 1. The van der Waals surface area contributed by atoms with Crippen LogP contribution in [-0.4, -0.2) is 51.5 Å². The minimum Gasteiger partial charge on any atom is -0.593 e. The number of nitrogens with zero attached hydrogens (tertiary/aromatic N) is 4. The Morgan fingerprint density at radius 2 is 1.58 bits per heavy atom. The van der Waals surface area contributed by atoms with Crippen LogP contribution in [0.2, 0.25) is 0 Å². The summed E-state index contributed by atoms with van der Waals surface area (Å²) in [5.74, 6) is 0.607. The third-order valence-corrected chi connectivity index (χ3v) is 6.74. The molecular weight excluding hydrogens is 482 g/mol. The van der Waals surface area contributed by atoms with Crippen LogP contribution >= 0.6 is 0 Å². The number of ether oxygens (including phenoxy) is 3. The van der Waals surface area contributed by atoms with Crippen LogP contribution in [0.4, 0.5) is 0 Å². The Kier molecular flexibility index (Phi) is 7.71. The topological polar surface area (TPSA) is 123 Å². The van der Waals surface area contributed by atoms with Crippen molar-refractivity contribution in [3.05, 3.63) is 78.1 Å². The van der Waals surface area contributed by atoms with E-state index in [9.17, 15) is 9.35 Å². The Hall–Kier alpha value is -4.09. The molecule has 2 aromatic carbocycles. The van der Waals surface area contributed by atoms with E-state index in [0.29, 0.717) is 28.8 Å². The Morgan fingerprint density at radius 1 is 0.917 bits per heavy atom. The van der Waals surface area contributed by atoms with Gasteiger partial charge in [-0.05, 0) is 25.1 Å². The molecule has 2 aromatic heterocycles. The van der Waals surface area contributed by atoms with Gasteiger partial charge in [-0.2, -0.15) is 4.72 Å². The Morgan fingerprint density at radius 3 is 2.22 bits per heavy atom. The van der Waals surface area contributed by atoms with E-state index in [-0.39, 0.29) is 11.6 Å². The van der Waals surface area contributed by atoms with Crippen molar-refractivity contribution in [3.8, 4) is 34.6 Å². The smallest absolute Gasteiger partial charge is 0.330 e. The normalized spacial score (nSPS) is 12.5. The molecule has 0 saturated heterocycles. The molecule has 1 N–H and O–H groups in total. The van der Waals surface area contributed by atoms with Crippen molar-refractivity contribution in [2.75, 3.05) is 21.3 Å². The summed E-state index contributed by atoms with van der Waals surface area (Å²) in [6, 6.07) is 19.6. The molecule has 11 heteroatoms. The van der Waals surface area contributed by atoms with Crippen LogP contribution in [0.1, 0.15) is 28.4 Å². The lowest BCUT2D eigenvalue weighted by Crippen LogP contribution is -2.35. The molecule has 0 aliphatic heterocycles. The highest BCUT2D eigenvalue weighted by Crippen LogP contribution is 2.36. The Bertz CT molecular complexity index is 1330. The summed E-state index contributed by atoms with van der Waals surface area (Å²) >= 11 is -1.74. The molecule has 4 aromatic rings. The van der Waals surface area contributed by atoms with Gasteiger partial charge in [0.05, 0.1) is 32.7 Å². The van der Waals surface area contributed by atoms with Crippen LogP contribution in [-0.2, 0) is 11.4 Å². The number of aromatic nitrogens is 4. The number of para-hydroxylation sites is 1. The van der Waals surface area contributed by atoms with Gasteiger partial charge in [-0.15, -0.1) is 10.2 Å².